The van der Waals surface area contributed by atoms with Crippen molar-refractivity contribution in [1.29, 1.82) is 0 Å². The van der Waals surface area contributed by atoms with Crippen LogP contribution in [0.5, 0.6) is 0 Å². The summed E-state index contributed by atoms with van der Waals surface area (Å²) in [4.78, 5) is 27.9. The van der Waals surface area contributed by atoms with E-state index in [-0.39, 0.29) is 12.5 Å². The van der Waals surface area contributed by atoms with Crippen LogP contribution in [0.25, 0.3) is 0 Å². The molecule has 0 aliphatic heterocycles. The molecule has 0 radical (unpaired) electrons. The Morgan fingerprint density at radius 2 is 1.66 bits per heavy atom. The van der Waals surface area contributed by atoms with Gasteiger partial charge >= 0.3 is 0 Å². The third-order valence-electron chi connectivity index (χ3n) is 5.11. The second-order valence-corrected chi connectivity index (χ2v) is 12.5. The van der Waals surface area contributed by atoms with Gasteiger partial charge in [-0.15, -0.1) is 0 Å². The maximum absolute atomic E-state index is 13.6. The molecule has 11 heteroatoms. The van der Waals surface area contributed by atoms with Crippen molar-refractivity contribution < 1.29 is 18.0 Å². The van der Waals surface area contributed by atoms with Crippen LogP contribution in [0.2, 0.25) is 15.1 Å². The molecule has 0 bridgehead atoms. The molecule has 0 saturated heterocycles. The van der Waals surface area contributed by atoms with Crippen molar-refractivity contribution in [2.24, 2.45) is 0 Å². The number of nitrogens with zero attached hydrogens (tertiary/aromatic N) is 2. The lowest BCUT2D eigenvalue weighted by Gasteiger charge is -2.33. The van der Waals surface area contributed by atoms with Crippen LogP contribution in [0.4, 0.5) is 5.69 Å². The molecule has 0 aliphatic rings. The Labute approximate surface area is 222 Å². The van der Waals surface area contributed by atoms with E-state index in [4.69, 9.17) is 34.8 Å². The van der Waals surface area contributed by atoms with Crippen LogP contribution in [0.1, 0.15) is 38.8 Å². The largest absolute Gasteiger partial charge is 0.350 e. The summed E-state index contributed by atoms with van der Waals surface area (Å²) in [5, 5.41) is 3.97. The molecule has 192 valence electrons. The normalized spacial score (nSPS) is 12.7. The Bertz CT molecular complexity index is 1210. The molecule has 0 unspecified atom stereocenters. The van der Waals surface area contributed by atoms with Crippen molar-refractivity contribution >= 4 is 62.3 Å². The molecule has 0 heterocycles. The summed E-state index contributed by atoms with van der Waals surface area (Å²) in [6, 6.07) is 8.72. The lowest BCUT2D eigenvalue weighted by atomic mass is 10.1. The lowest BCUT2D eigenvalue weighted by Crippen LogP contribution is -2.54. The van der Waals surface area contributed by atoms with Crippen LogP contribution >= 0.6 is 34.8 Å². The second kappa shape index (κ2) is 11.4. The van der Waals surface area contributed by atoms with Crippen molar-refractivity contribution in [2.45, 2.75) is 52.7 Å². The minimum absolute atomic E-state index is 0.0195. The molecular formula is C24H30Cl3N3O4S. The standard InChI is InChI=1S/C24H30Cl3N3O4S/c1-15-11-18(25)8-10-21(15)30(35(6,33)34)14-22(31)29(16(2)23(32)28-24(3,4)5)13-17-7-9-19(26)20(27)12-17/h7-12,16H,13-14H2,1-6H3,(H,28,32)/t16-/m1/s1. The van der Waals surface area contributed by atoms with Crippen molar-refractivity contribution in [1.82, 2.24) is 10.2 Å². The van der Waals surface area contributed by atoms with Crippen LogP contribution in [0, 0.1) is 6.92 Å². The van der Waals surface area contributed by atoms with E-state index >= 15 is 0 Å². The number of hydrogen-bond donors (Lipinski definition) is 1. The fourth-order valence-corrected chi connectivity index (χ4v) is 4.84. The zero-order chi connectivity index (χ0) is 26.7. The molecule has 2 amide bonds. The number of hydrogen-bond acceptors (Lipinski definition) is 4. The van der Waals surface area contributed by atoms with Crippen molar-refractivity contribution in [3.63, 3.8) is 0 Å². The van der Waals surface area contributed by atoms with Crippen LogP contribution in [0.15, 0.2) is 36.4 Å². The molecule has 1 atom stereocenters. The topological polar surface area (TPSA) is 86.8 Å². The number of aryl methyl sites for hydroxylation is 1. The zero-order valence-electron chi connectivity index (χ0n) is 20.5. The first kappa shape index (κ1) is 29.2. The van der Waals surface area contributed by atoms with E-state index in [9.17, 15) is 18.0 Å². The first-order valence-electron chi connectivity index (χ1n) is 10.8. The highest BCUT2D eigenvalue weighted by Gasteiger charge is 2.31. The molecule has 2 rings (SSSR count). The van der Waals surface area contributed by atoms with Gasteiger partial charge in [0.2, 0.25) is 21.8 Å². The maximum atomic E-state index is 13.6. The summed E-state index contributed by atoms with van der Waals surface area (Å²) in [5.41, 5.74) is 1.02. The molecule has 7 nitrogen and oxygen atoms in total. The smallest absolute Gasteiger partial charge is 0.244 e. The van der Waals surface area contributed by atoms with Gasteiger partial charge < -0.3 is 10.2 Å². The minimum Gasteiger partial charge on any atom is -0.350 e. The lowest BCUT2D eigenvalue weighted by molar-refractivity contribution is -0.140. The van der Waals surface area contributed by atoms with Gasteiger partial charge in [-0.25, -0.2) is 8.42 Å². The number of benzene rings is 2. The van der Waals surface area contributed by atoms with Crippen molar-refractivity contribution in [3.8, 4) is 0 Å². The van der Waals surface area contributed by atoms with Gasteiger partial charge in [0.25, 0.3) is 0 Å². The van der Waals surface area contributed by atoms with E-state index in [0.29, 0.717) is 31.9 Å². The molecule has 0 spiro atoms. The van der Waals surface area contributed by atoms with Gasteiger partial charge in [-0.2, -0.15) is 0 Å². The van der Waals surface area contributed by atoms with E-state index in [0.717, 1.165) is 10.6 Å². The number of halogens is 3. The van der Waals surface area contributed by atoms with E-state index in [2.05, 4.69) is 5.32 Å². The Kier molecular flexibility index (Phi) is 9.50. The highest BCUT2D eigenvalue weighted by Crippen LogP contribution is 2.27. The number of carbonyl (C=O) groups excluding carboxylic acids is 2. The molecule has 35 heavy (non-hydrogen) atoms. The summed E-state index contributed by atoms with van der Waals surface area (Å²) >= 11 is 18.2. The molecule has 0 fully saturated rings. The zero-order valence-corrected chi connectivity index (χ0v) is 23.6. The van der Waals surface area contributed by atoms with Gasteiger partial charge in [-0.1, -0.05) is 40.9 Å². The van der Waals surface area contributed by atoms with Crippen LogP contribution in [-0.4, -0.2) is 49.5 Å². The van der Waals surface area contributed by atoms with Gasteiger partial charge in [0.15, 0.2) is 0 Å². The second-order valence-electron chi connectivity index (χ2n) is 9.39. The first-order chi connectivity index (χ1) is 16.0. The Morgan fingerprint density at radius 3 is 2.17 bits per heavy atom. The highest BCUT2D eigenvalue weighted by atomic mass is 35.5. The van der Waals surface area contributed by atoms with E-state index in [1.165, 1.54) is 4.90 Å². The summed E-state index contributed by atoms with van der Waals surface area (Å²) in [6.45, 7) is 8.30. The van der Waals surface area contributed by atoms with Gasteiger partial charge in [0.1, 0.15) is 12.6 Å². The van der Waals surface area contributed by atoms with Crippen molar-refractivity contribution in [3.05, 3.63) is 62.6 Å². The SMILES string of the molecule is Cc1cc(Cl)ccc1N(CC(=O)N(Cc1ccc(Cl)c(Cl)c1)[C@H](C)C(=O)NC(C)(C)C)S(C)(=O)=O. The number of carbonyl (C=O) groups is 2. The number of rotatable bonds is 8. The van der Waals surface area contributed by atoms with E-state index < -0.39 is 34.1 Å². The third-order valence-corrected chi connectivity index (χ3v) is 7.21. The monoisotopic (exact) mass is 561 g/mol. The number of anilines is 1. The summed E-state index contributed by atoms with van der Waals surface area (Å²) in [6.07, 6.45) is 1.02. The fourth-order valence-electron chi connectivity index (χ4n) is 3.38. The van der Waals surface area contributed by atoms with E-state index in [1.54, 1.807) is 50.2 Å². The Balaban J connectivity index is 2.46. The predicted molar refractivity (Wildman–Crippen MR) is 143 cm³/mol. The summed E-state index contributed by atoms with van der Waals surface area (Å²) in [7, 11) is -3.84. The molecule has 0 saturated carbocycles. The van der Waals surface area contributed by atoms with Crippen LogP contribution in [-0.2, 0) is 26.2 Å². The van der Waals surface area contributed by atoms with E-state index in [1.807, 2.05) is 20.8 Å². The van der Waals surface area contributed by atoms with Gasteiger partial charge in [-0.3, -0.25) is 13.9 Å². The average Bonchev–Trinajstić information content (AvgIpc) is 2.70. The number of amides is 2. The van der Waals surface area contributed by atoms with Crippen molar-refractivity contribution in [2.75, 3.05) is 17.1 Å². The van der Waals surface area contributed by atoms with Gasteiger partial charge in [0, 0.05) is 17.1 Å². The minimum atomic E-state index is -3.84. The highest BCUT2D eigenvalue weighted by molar-refractivity contribution is 7.92. The first-order valence-corrected chi connectivity index (χ1v) is 13.8. The van der Waals surface area contributed by atoms with Gasteiger partial charge in [0.05, 0.1) is 22.0 Å². The molecule has 0 aromatic heterocycles. The molecule has 1 N–H and O–H groups in total. The molecule has 0 aliphatic carbocycles. The Hall–Kier alpha value is -2.00. The molecule has 2 aromatic rings. The fraction of sp³-hybridized carbons (Fsp3) is 0.417. The third kappa shape index (κ3) is 8.27. The average molecular weight is 563 g/mol. The number of nitrogens with one attached hydrogen (secondary N) is 1. The van der Waals surface area contributed by atoms with Crippen LogP contribution < -0.4 is 9.62 Å². The summed E-state index contributed by atoms with van der Waals surface area (Å²) < 4.78 is 26.4. The van der Waals surface area contributed by atoms with Crippen LogP contribution in [0.3, 0.4) is 0 Å². The summed E-state index contributed by atoms with van der Waals surface area (Å²) in [5.74, 6) is -0.938. The predicted octanol–water partition coefficient (Wildman–Crippen LogP) is 5.05. The quantitative estimate of drug-likeness (QED) is 0.488. The van der Waals surface area contributed by atoms with Gasteiger partial charge in [-0.05, 0) is 76.1 Å². The maximum Gasteiger partial charge on any atom is 0.244 e. The molecular weight excluding hydrogens is 533 g/mol. The number of sulfonamides is 1. The Morgan fingerprint density at radius 1 is 1.03 bits per heavy atom. The molecule has 2 aromatic carbocycles.